The van der Waals surface area contributed by atoms with E-state index in [1.807, 2.05) is 13.8 Å². The Balaban J connectivity index is 3.19. The van der Waals surface area contributed by atoms with Crippen LogP contribution in [0.25, 0.3) is 0 Å². The molecule has 0 aliphatic rings. The summed E-state index contributed by atoms with van der Waals surface area (Å²) in [6.07, 6.45) is 1.06. The zero-order valence-electron chi connectivity index (χ0n) is 6.29. The van der Waals surface area contributed by atoms with Crippen molar-refractivity contribution >= 4 is 5.97 Å². The third-order valence-electron chi connectivity index (χ3n) is 0.709. The minimum atomic E-state index is -0.555. The molecule has 0 bridgehead atoms. The molecule has 0 fully saturated rings. The minimum Gasteiger partial charge on any atom is -0.294 e. The first kappa shape index (κ1) is 9.17. The monoisotopic (exact) mass is 144 g/mol. The number of rotatable bonds is 4. The van der Waals surface area contributed by atoms with E-state index in [0.29, 0.717) is 12.5 Å². The lowest BCUT2D eigenvalue weighted by molar-refractivity contribution is -0.271. The van der Waals surface area contributed by atoms with Crippen molar-refractivity contribution in [2.24, 2.45) is 5.92 Å². The van der Waals surface area contributed by atoms with Crippen LogP contribution >= 0.6 is 0 Å². The summed E-state index contributed by atoms with van der Waals surface area (Å²) in [5, 5.41) is 0. The van der Waals surface area contributed by atoms with Crippen molar-refractivity contribution < 1.29 is 14.6 Å². The fourth-order valence-corrected chi connectivity index (χ4v) is 0.262. The van der Waals surface area contributed by atoms with E-state index < -0.39 is 5.97 Å². The van der Waals surface area contributed by atoms with E-state index in [0.717, 1.165) is 6.08 Å². The highest BCUT2D eigenvalue weighted by Gasteiger charge is 1.97. The second-order valence-corrected chi connectivity index (χ2v) is 2.28. The van der Waals surface area contributed by atoms with Crippen LogP contribution in [0, 0.1) is 5.92 Å². The van der Waals surface area contributed by atoms with Crippen molar-refractivity contribution in [1.82, 2.24) is 0 Å². The van der Waals surface area contributed by atoms with E-state index in [1.165, 1.54) is 0 Å². The molecular formula is C7H12O3. The Hall–Kier alpha value is -0.830. The largest absolute Gasteiger partial charge is 0.365 e. The third kappa shape index (κ3) is 5.31. The Labute approximate surface area is 60.6 Å². The molecule has 0 N–H and O–H groups in total. The van der Waals surface area contributed by atoms with Crippen molar-refractivity contribution in [3.05, 3.63) is 12.7 Å². The Morgan fingerprint density at radius 2 is 2.30 bits per heavy atom. The van der Waals surface area contributed by atoms with Crippen LogP contribution < -0.4 is 0 Å². The molecule has 0 amide bonds. The van der Waals surface area contributed by atoms with Crippen LogP contribution in [0.2, 0.25) is 0 Å². The Bertz CT molecular complexity index is 118. The summed E-state index contributed by atoms with van der Waals surface area (Å²) >= 11 is 0. The molecule has 3 heteroatoms. The smallest absolute Gasteiger partial charge is 0.294 e. The van der Waals surface area contributed by atoms with Crippen LogP contribution in [0.4, 0.5) is 0 Å². The Morgan fingerprint density at radius 3 is 2.70 bits per heavy atom. The summed E-state index contributed by atoms with van der Waals surface area (Å²) < 4.78 is 0. The predicted molar refractivity (Wildman–Crippen MR) is 37.1 cm³/mol. The zero-order valence-corrected chi connectivity index (χ0v) is 6.29. The molecule has 0 heterocycles. The molecule has 0 spiro atoms. The van der Waals surface area contributed by atoms with Gasteiger partial charge in [-0.05, 0) is 5.92 Å². The molecule has 0 aliphatic heterocycles. The molecule has 0 radical (unpaired) electrons. The number of hydrogen-bond acceptors (Lipinski definition) is 3. The molecule has 0 rings (SSSR count). The van der Waals surface area contributed by atoms with Crippen LogP contribution in [-0.2, 0) is 14.6 Å². The third-order valence-corrected chi connectivity index (χ3v) is 0.709. The highest BCUT2D eigenvalue weighted by atomic mass is 17.2. The Morgan fingerprint density at radius 1 is 1.70 bits per heavy atom. The standard InChI is InChI=1S/C7H12O3/c1-4-7(8)10-9-5-6(2)3/h4,6H,1,5H2,2-3H3. The molecule has 0 saturated heterocycles. The molecule has 0 aromatic rings. The topological polar surface area (TPSA) is 35.5 Å². The van der Waals surface area contributed by atoms with E-state index in [-0.39, 0.29) is 0 Å². The highest BCUT2D eigenvalue weighted by Crippen LogP contribution is 1.92. The van der Waals surface area contributed by atoms with Gasteiger partial charge in [-0.2, -0.15) is 4.89 Å². The fraction of sp³-hybridized carbons (Fsp3) is 0.571. The number of carbonyl (C=O) groups excluding carboxylic acids is 1. The van der Waals surface area contributed by atoms with Gasteiger partial charge in [-0.25, -0.2) is 4.79 Å². The van der Waals surface area contributed by atoms with Gasteiger partial charge in [0.15, 0.2) is 0 Å². The van der Waals surface area contributed by atoms with Gasteiger partial charge in [0.2, 0.25) is 0 Å². The van der Waals surface area contributed by atoms with Gasteiger partial charge >= 0.3 is 5.97 Å². The summed E-state index contributed by atoms with van der Waals surface area (Å²) in [7, 11) is 0. The second kappa shape index (κ2) is 4.99. The number of carbonyl (C=O) groups is 1. The van der Waals surface area contributed by atoms with Crippen LogP contribution in [-0.4, -0.2) is 12.6 Å². The maximum absolute atomic E-state index is 10.3. The molecule has 0 aliphatic carbocycles. The van der Waals surface area contributed by atoms with Crippen LogP contribution in [0.15, 0.2) is 12.7 Å². The van der Waals surface area contributed by atoms with Crippen molar-refractivity contribution in [3.63, 3.8) is 0 Å². The summed E-state index contributed by atoms with van der Waals surface area (Å²) in [5.74, 6) is -0.196. The highest BCUT2D eigenvalue weighted by molar-refractivity contribution is 5.80. The quantitative estimate of drug-likeness (QED) is 0.339. The first-order valence-corrected chi connectivity index (χ1v) is 3.12. The predicted octanol–water partition coefficient (Wildman–Crippen LogP) is 1.30. The molecule has 0 atom stereocenters. The lowest BCUT2D eigenvalue weighted by Crippen LogP contribution is -2.06. The van der Waals surface area contributed by atoms with E-state index in [1.54, 1.807) is 0 Å². The molecular weight excluding hydrogens is 132 g/mol. The van der Waals surface area contributed by atoms with Gasteiger partial charge in [0, 0.05) is 6.08 Å². The first-order chi connectivity index (χ1) is 4.66. The summed E-state index contributed by atoms with van der Waals surface area (Å²) in [6.45, 7) is 7.54. The molecule has 58 valence electrons. The Kier molecular flexibility index (Phi) is 4.58. The summed E-state index contributed by atoms with van der Waals surface area (Å²) in [5.41, 5.74) is 0. The van der Waals surface area contributed by atoms with E-state index >= 15 is 0 Å². The second-order valence-electron chi connectivity index (χ2n) is 2.28. The zero-order chi connectivity index (χ0) is 7.98. The fourth-order valence-electron chi connectivity index (χ4n) is 0.262. The van der Waals surface area contributed by atoms with Crippen molar-refractivity contribution in [2.75, 3.05) is 6.61 Å². The van der Waals surface area contributed by atoms with Crippen LogP contribution in [0.3, 0.4) is 0 Å². The van der Waals surface area contributed by atoms with Crippen molar-refractivity contribution in [3.8, 4) is 0 Å². The lowest BCUT2D eigenvalue weighted by atomic mass is 10.2. The molecule has 0 saturated carbocycles. The summed E-state index contributed by atoms with van der Waals surface area (Å²) in [6, 6.07) is 0. The van der Waals surface area contributed by atoms with Crippen molar-refractivity contribution in [2.45, 2.75) is 13.8 Å². The molecule has 10 heavy (non-hydrogen) atoms. The van der Waals surface area contributed by atoms with Crippen LogP contribution in [0.5, 0.6) is 0 Å². The van der Waals surface area contributed by atoms with Crippen LogP contribution in [0.1, 0.15) is 13.8 Å². The van der Waals surface area contributed by atoms with Gasteiger partial charge in [-0.3, -0.25) is 4.89 Å². The van der Waals surface area contributed by atoms with Gasteiger partial charge in [0.25, 0.3) is 0 Å². The van der Waals surface area contributed by atoms with E-state index in [2.05, 4.69) is 16.4 Å². The lowest BCUT2D eigenvalue weighted by Gasteiger charge is -2.02. The molecule has 0 aromatic carbocycles. The first-order valence-electron chi connectivity index (χ1n) is 3.12. The van der Waals surface area contributed by atoms with Crippen molar-refractivity contribution in [1.29, 1.82) is 0 Å². The average Bonchev–Trinajstić information content (AvgIpc) is 1.87. The van der Waals surface area contributed by atoms with Gasteiger partial charge in [0.05, 0.1) is 6.61 Å². The average molecular weight is 144 g/mol. The SMILES string of the molecule is C=CC(=O)OOCC(C)C. The minimum absolute atomic E-state index is 0.359. The molecule has 0 aromatic heterocycles. The maximum atomic E-state index is 10.3. The van der Waals surface area contributed by atoms with Gasteiger partial charge in [0.1, 0.15) is 0 Å². The molecule has 3 nitrogen and oxygen atoms in total. The summed E-state index contributed by atoms with van der Waals surface area (Å²) in [4.78, 5) is 19.1. The molecule has 0 unspecified atom stereocenters. The van der Waals surface area contributed by atoms with E-state index in [9.17, 15) is 4.79 Å². The maximum Gasteiger partial charge on any atom is 0.365 e. The van der Waals surface area contributed by atoms with Gasteiger partial charge in [-0.1, -0.05) is 20.4 Å². The normalized spacial score (nSPS) is 9.50. The van der Waals surface area contributed by atoms with E-state index in [4.69, 9.17) is 0 Å². The van der Waals surface area contributed by atoms with Gasteiger partial charge in [-0.15, -0.1) is 0 Å². The van der Waals surface area contributed by atoms with Gasteiger partial charge < -0.3 is 0 Å². The number of hydrogen-bond donors (Lipinski definition) is 0.